The normalized spacial score (nSPS) is 10.7. The smallest absolute Gasteiger partial charge is 0.417 e. The number of fused-ring (bicyclic) bond motifs is 1. The highest BCUT2D eigenvalue weighted by Gasteiger charge is 2.06. The summed E-state index contributed by atoms with van der Waals surface area (Å²) < 4.78 is 10.1. The summed E-state index contributed by atoms with van der Waals surface area (Å²) in [6, 6.07) is 12.7. The molecular formula is C17H16N2O4. The fourth-order valence-electron chi connectivity index (χ4n) is 2.33. The van der Waals surface area contributed by atoms with Crippen LogP contribution in [0.1, 0.15) is 11.1 Å². The Morgan fingerprint density at radius 1 is 1.22 bits per heavy atom. The van der Waals surface area contributed by atoms with Crippen molar-refractivity contribution in [3.05, 3.63) is 64.1 Å². The minimum atomic E-state index is -0.487. The highest BCUT2D eigenvalue weighted by atomic mass is 16.5. The Kier molecular flexibility index (Phi) is 4.14. The van der Waals surface area contributed by atoms with Gasteiger partial charge < -0.3 is 14.5 Å². The summed E-state index contributed by atoms with van der Waals surface area (Å²) in [5.41, 5.74) is 2.86. The van der Waals surface area contributed by atoms with Crippen LogP contribution in [0.15, 0.2) is 51.7 Å². The number of H-pyrrole nitrogens is 1. The quantitative estimate of drug-likeness (QED) is 0.754. The number of amides is 1. The Morgan fingerprint density at radius 2 is 2.09 bits per heavy atom. The zero-order valence-electron chi connectivity index (χ0n) is 12.6. The first kappa shape index (κ1) is 14.9. The van der Waals surface area contributed by atoms with Crippen molar-refractivity contribution in [3.8, 4) is 5.75 Å². The van der Waals surface area contributed by atoms with Gasteiger partial charge in [-0.1, -0.05) is 18.2 Å². The van der Waals surface area contributed by atoms with Crippen LogP contribution in [0.2, 0.25) is 0 Å². The molecule has 6 heteroatoms. The predicted molar refractivity (Wildman–Crippen MR) is 85.4 cm³/mol. The first-order valence-corrected chi connectivity index (χ1v) is 7.15. The lowest BCUT2D eigenvalue weighted by molar-refractivity contribution is -0.120. The van der Waals surface area contributed by atoms with Crippen LogP contribution in [0.5, 0.6) is 5.75 Å². The van der Waals surface area contributed by atoms with Crippen molar-refractivity contribution >= 4 is 17.0 Å². The average molecular weight is 312 g/mol. The molecular weight excluding hydrogens is 296 g/mol. The van der Waals surface area contributed by atoms with E-state index >= 15 is 0 Å². The lowest BCUT2D eigenvalue weighted by atomic mass is 10.1. The lowest BCUT2D eigenvalue weighted by Crippen LogP contribution is -2.24. The molecule has 0 spiro atoms. The van der Waals surface area contributed by atoms with Crippen LogP contribution in [0.3, 0.4) is 0 Å². The topological polar surface area (TPSA) is 84.3 Å². The summed E-state index contributed by atoms with van der Waals surface area (Å²) in [7, 11) is 1.59. The second-order valence-electron chi connectivity index (χ2n) is 5.15. The average Bonchev–Trinajstić information content (AvgIpc) is 2.92. The monoisotopic (exact) mass is 312 g/mol. The van der Waals surface area contributed by atoms with Gasteiger partial charge in [-0.3, -0.25) is 9.78 Å². The number of rotatable bonds is 5. The van der Waals surface area contributed by atoms with Crippen LogP contribution in [0.25, 0.3) is 11.1 Å². The molecule has 2 aromatic carbocycles. The minimum Gasteiger partial charge on any atom is -0.497 e. The third-order valence-corrected chi connectivity index (χ3v) is 3.47. The van der Waals surface area contributed by atoms with Gasteiger partial charge in [0.1, 0.15) is 5.75 Å². The van der Waals surface area contributed by atoms with E-state index < -0.39 is 5.76 Å². The van der Waals surface area contributed by atoms with E-state index in [0.717, 1.165) is 16.9 Å². The van der Waals surface area contributed by atoms with Crippen molar-refractivity contribution in [2.45, 2.75) is 13.0 Å². The summed E-state index contributed by atoms with van der Waals surface area (Å²) >= 11 is 0. The molecule has 2 N–H and O–H groups in total. The summed E-state index contributed by atoms with van der Waals surface area (Å²) in [5.74, 6) is 0.149. The number of ether oxygens (including phenoxy) is 1. The zero-order chi connectivity index (χ0) is 16.2. The molecule has 23 heavy (non-hydrogen) atoms. The van der Waals surface area contributed by atoms with Crippen molar-refractivity contribution in [1.29, 1.82) is 0 Å². The fourth-order valence-corrected chi connectivity index (χ4v) is 2.33. The van der Waals surface area contributed by atoms with Crippen molar-refractivity contribution in [2.24, 2.45) is 0 Å². The van der Waals surface area contributed by atoms with Crippen LogP contribution >= 0.6 is 0 Å². The molecule has 0 fully saturated rings. The third kappa shape index (κ3) is 3.60. The Hall–Kier alpha value is -3.02. The van der Waals surface area contributed by atoms with E-state index in [9.17, 15) is 9.59 Å². The number of aromatic amines is 1. The Labute approximate surface area is 132 Å². The molecule has 0 unspecified atom stereocenters. The SMILES string of the molecule is COc1cccc(CC(=O)NCc2ccc3[nH]c(=O)oc3c2)c1. The highest BCUT2D eigenvalue weighted by molar-refractivity contribution is 5.79. The van der Waals surface area contributed by atoms with Crippen molar-refractivity contribution in [3.63, 3.8) is 0 Å². The van der Waals surface area contributed by atoms with Crippen molar-refractivity contribution in [1.82, 2.24) is 10.3 Å². The molecule has 0 radical (unpaired) electrons. The summed E-state index contributed by atoms with van der Waals surface area (Å²) in [4.78, 5) is 25.7. The number of benzene rings is 2. The van der Waals surface area contributed by atoms with Crippen molar-refractivity contribution in [2.75, 3.05) is 7.11 Å². The molecule has 118 valence electrons. The molecule has 0 bridgehead atoms. The minimum absolute atomic E-state index is 0.0890. The summed E-state index contributed by atoms with van der Waals surface area (Å²) in [5, 5.41) is 2.85. The number of nitrogens with one attached hydrogen (secondary N) is 2. The maximum absolute atomic E-state index is 12.0. The van der Waals surface area contributed by atoms with Gasteiger partial charge in [-0.05, 0) is 35.4 Å². The van der Waals surface area contributed by atoms with E-state index in [1.165, 1.54) is 0 Å². The van der Waals surface area contributed by atoms with E-state index in [2.05, 4.69) is 10.3 Å². The maximum Gasteiger partial charge on any atom is 0.417 e. The summed E-state index contributed by atoms with van der Waals surface area (Å²) in [6.45, 7) is 0.369. The van der Waals surface area contributed by atoms with Gasteiger partial charge in [-0.2, -0.15) is 0 Å². The second-order valence-corrected chi connectivity index (χ2v) is 5.15. The van der Waals surface area contributed by atoms with Gasteiger partial charge in [0.25, 0.3) is 0 Å². The Balaban J connectivity index is 1.62. The Morgan fingerprint density at radius 3 is 2.91 bits per heavy atom. The van der Waals surface area contributed by atoms with Crippen LogP contribution in [0, 0.1) is 0 Å². The molecule has 1 amide bonds. The zero-order valence-corrected chi connectivity index (χ0v) is 12.6. The lowest BCUT2D eigenvalue weighted by Gasteiger charge is -2.07. The van der Waals surface area contributed by atoms with Gasteiger partial charge in [0.05, 0.1) is 19.0 Å². The predicted octanol–water partition coefficient (Wildman–Crippen LogP) is 1.99. The Bertz CT molecular complexity index is 895. The molecule has 1 heterocycles. The van der Waals surface area contributed by atoms with Gasteiger partial charge in [0.15, 0.2) is 5.58 Å². The van der Waals surface area contributed by atoms with Gasteiger partial charge in [-0.15, -0.1) is 0 Å². The van der Waals surface area contributed by atoms with Gasteiger partial charge in [-0.25, -0.2) is 4.79 Å². The van der Waals surface area contributed by atoms with Crippen LogP contribution < -0.4 is 15.8 Å². The fraction of sp³-hybridized carbons (Fsp3) is 0.176. The van der Waals surface area contributed by atoms with Crippen LogP contribution in [-0.2, 0) is 17.8 Å². The van der Waals surface area contributed by atoms with Gasteiger partial charge >= 0.3 is 5.76 Å². The molecule has 3 aromatic rings. The van der Waals surface area contributed by atoms with Crippen LogP contribution in [0.4, 0.5) is 0 Å². The molecule has 0 aliphatic rings. The van der Waals surface area contributed by atoms with Crippen molar-refractivity contribution < 1.29 is 13.9 Å². The van der Waals surface area contributed by atoms with Crippen LogP contribution in [-0.4, -0.2) is 18.0 Å². The highest BCUT2D eigenvalue weighted by Crippen LogP contribution is 2.14. The third-order valence-electron chi connectivity index (χ3n) is 3.47. The number of carbonyl (C=O) groups is 1. The van der Waals surface area contributed by atoms with E-state index in [0.29, 0.717) is 17.6 Å². The summed E-state index contributed by atoms with van der Waals surface area (Å²) in [6.07, 6.45) is 0.276. The molecule has 0 aliphatic heterocycles. The molecule has 6 nitrogen and oxygen atoms in total. The van der Waals surface area contributed by atoms with E-state index in [-0.39, 0.29) is 12.3 Å². The maximum atomic E-state index is 12.0. The molecule has 0 aliphatic carbocycles. The second kappa shape index (κ2) is 6.39. The molecule has 1 aromatic heterocycles. The standard InChI is InChI=1S/C17H16N2O4/c1-22-13-4-2-3-11(7-13)9-16(20)18-10-12-5-6-14-15(8-12)23-17(21)19-14/h2-8H,9-10H2,1H3,(H,18,20)(H,19,21). The van der Waals surface area contributed by atoms with E-state index in [4.69, 9.17) is 9.15 Å². The number of carbonyl (C=O) groups excluding carboxylic acids is 1. The number of hydrogen-bond donors (Lipinski definition) is 2. The van der Waals surface area contributed by atoms with E-state index in [1.807, 2.05) is 30.3 Å². The van der Waals surface area contributed by atoms with E-state index in [1.54, 1.807) is 19.2 Å². The largest absolute Gasteiger partial charge is 0.497 e. The molecule has 0 saturated heterocycles. The number of hydrogen-bond acceptors (Lipinski definition) is 4. The number of methoxy groups -OCH3 is 1. The molecule has 3 rings (SSSR count). The number of oxazole rings is 1. The number of aromatic nitrogens is 1. The molecule has 0 atom stereocenters. The van der Waals surface area contributed by atoms with Gasteiger partial charge in [0.2, 0.25) is 5.91 Å². The first-order valence-electron chi connectivity index (χ1n) is 7.15. The molecule has 0 saturated carbocycles. The first-order chi connectivity index (χ1) is 11.1. The van der Waals surface area contributed by atoms with Gasteiger partial charge in [0, 0.05) is 6.54 Å².